The standard InChI is InChI=1S/C14H17N3O3/c1-9(2)8-20-11-7-5-4-6-10(11)13-15-12(14(18)19)16-17(13)3/h4-7,9H,8H2,1-3H3,(H,18,19). The molecule has 1 N–H and O–H groups in total. The molecule has 0 aliphatic heterocycles. The number of aromatic nitrogens is 3. The molecule has 20 heavy (non-hydrogen) atoms. The second-order valence-electron chi connectivity index (χ2n) is 4.89. The van der Waals surface area contributed by atoms with Crippen LogP contribution < -0.4 is 4.74 Å². The van der Waals surface area contributed by atoms with E-state index in [2.05, 4.69) is 23.9 Å². The zero-order valence-corrected chi connectivity index (χ0v) is 11.7. The molecule has 2 rings (SSSR count). The Balaban J connectivity index is 2.39. The van der Waals surface area contributed by atoms with Crippen molar-refractivity contribution >= 4 is 5.97 Å². The number of carbonyl (C=O) groups is 1. The van der Waals surface area contributed by atoms with Gasteiger partial charge in [-0.3, -0.25) is 0 Å². The number of rotatable bonds is 5. The molecule has 6 nitrogen and oxygen atoms in total. The van der Waals surface area contributed by atoms with Crippen molar-refractivity contribution in [3.05, 3.63) is 30.1 Å². The maximum absolute atomic E-state index is 10.9. The van der Waals surface area contributed by atoms with Crippen LogP contribution in [0.2, 0.25) is 0 Å². The molecule has 0 aliphatic rings. The van der Waals surface area contributed by atoms with Crippen LogP contribution in [-0.4, -0.2) is 32.4 Å². The van der Waals surface area contributed by atoms with Crippen molar-refractivity contribution in [1.29, 1.82) is 0 Å². The third-order valence-corrected chi connectivity index (χ3v) is 2.65. The van der Waals surface area contributed by atoms with Gasteiger partial charge >= 0.3 is 5.97 Å². The number of benzene rings is 1. The Labute approximate surface area is 117 Å². The van der Waals surface area contributed by atoms with E-state index in [1.165, 1.54) is 4.68 Å². The van der Waals surface area contributed by atoms with Crippen molar-refractivity contribution in [3.8, 4) is 17.1 Å². The molecule has 2 aromatic rings. The van der Waals surface area contributed by atoms with Gasteiger partial charge in [-0.2, -0.15) is 0 Å². The first-order valence-corrected chi connectivity index (χ1v) is 6.35. The molecule has 0 fully saturated rings. The lowest BCUT2D eigenvalue weighted by Gasteiger charge is -2.12. The molecule has 6 heteroatoms. The fourth-order valence-electron chi connectivity index (χ4n) is 1.74. The van der Waals surface area contributed by atoms with E-state index in [4.69, 9.17) is 9.84 Å². The predicted octanol–water partition coefficient (Wildman–Crippen LogP) is 2.22. The Morgan fingerprint density at radius 2 is 2.10 bits per heavy atom. The van der Waals surface area contributed by atoms with Gasteiger partial charge in [0.15, 0.2) is 5.82 Å². The molecular weight excluding hydrogens is 258 g/mol. The molecule has 106 valence electrons. The van der Waals surface area contributed by atoms with Crippen molar-refractivity contribution < 1.29 is 14.6 Å². The van der Waals surface area contributed by atoms with Crippen LogP contribution in [0.1, 0.15) is 24.5 Å². The quantitative estimate of drug-likeness (QED) is 0.905. The number of hydrogen-bond donors (Lipinski definition) is 1. The van der Waals surface area contributed by atoms with Gasteiger partial charge in [-0.15, -0.1) is 5.10 Å². The molecule has 0 atom stereocenters. The highest BCUT2D eigenvalue weighted by molar-refractivity contribution is 5.84. The van der Waals surface area contributed by atoms with Gasteiger partial charge in [0.1, 0.15) is 5.75 Å². The van der Waals surface area contributed by atoms with Crippen LogP contribution in [0.5, 0.6) is 5.75 Å². The Morgan fingerprint density at radius 1 is 1.40 bits per heavy atom. The largest absolute Gasteiger partial charge is 0.493 e. The molecule has 0 radical (unpaired) electrons. The second kappa shape index (κ2) is 5.73. The average molecular weight is 275 g/mol. The zero-order valence-electron chi connectivity index (χ0n) is 11.7. The van der Waals surface area contributed by atoms with Crippen LogP contribution in [-0.2, 0) is 7.05 Å². The van der Waals surface area contributed by atoms with Gasteiger partial charge in [0.25, 0.3) is 5.82 Å². The average Bonchev–Trinajstić information content (AvgIpc) is 2.79. The van der Waals surface area contributed by atoms with E-state index in [1.807, 2.05) is 24.3 Å². The molecule has 1 aromatic carbocycles. The zero-order chi connectivity index (χ0) is 14.7. The summed E-state index contributed by atoms with van der Waals surface area (Å²) in [5, 5.41) is 12.8. The van der Waals surface area contributed by atoms with Crippen molar-refractivity contribution in [3.63, 3.8) is 0 Å². The molecule has 0 amide bonds. The summed E-state index contributed by atoms with van der Waals surface area (Å²) in [4.78, 5) is 15.0. The van der Waals surface area contributed by atoms with Crippen LogP contribution >= 0.6 is 0 Å². The first-order chi connectivity index (χ1) is 9.49. The number of nitrogens with zero attached hydrogens (tertiary/aromatic N) is 3. The minimum atomic E-state index is -1.15. The van der Waals surface area contributed by atoms with E-state index in [1.54, 1.807) is 7.05 Å². The molecular formula is C14H17N3O3. The van der Waals surface area contributed by atoms with E-state index in [9.17, 15) is 4.79 Å². The van der Waals surface area contributed by atoms with E-state index < -0.39 is 5.97 Å². The lowest BCUT2D eigenvalue weighted by molar-refractivity contribution is 0.0683. The van der Waals surface area contributed by atoms with Crippen molar-refractivity contribution in [1.82, 2.24) is 14.8 Å². The summed E-state index contributed by atoms with van der Waals surface area (Å²) in [6.07, 6.45) is 0. The lowest BCUT2D eigenvalue weighted by Crippen LogP contribution is -2.06. The maximum Gasteiger partial charge on any atom is 0.375 e. The molecule has 0 bridgehead atoms. The van der Waals surface area contributed by atoms with Gasteiger partial charge in [-0.05, 0) is 18.1 Å². The number of carboxylic acid groups (broad SMARTS) is 1. The van der Waals surface area contributed by atoms with Crippen molar-refractivity contribution in [2.75, 3.05) is 6.61 Å². The number of aromatic carboxylic acids is 1. The lowest BCUT2D eigenvalue weighted by atomic mass is 10.2. The summed E-state index contributed by atoms with van der Waals surface area (Å²) in [5.41, 5.74) is 0.732. The van der Waals surface area contributed by atoms with Crippen LogP contribution in [0.3, 0.4) is 0 Å². The van der Waals surface area contributed by atoms with Gasteiger partial charge < -0.3 is 9.84 Å². The van der Waals surface area contributed by atoms with Crippen LogP contribution in [0.4, 0.5) is 0 Å². The molecule has 0 saturated heterocycles. The normalized spacial score (nSPS) is 10.8. The summed E-state index contributed by atoms with van der Waals surface area (Å²) in [5.74, 6) is 0.182. The fraction of sp³-hybridized carbons (Fsp3) is 0.357. The van der Waals surface area contributed by atoms with Gasteiger partial charge in [0.05, 0.1) is 12.2 Å². The third kappa shape index (κ3) is 2.96. The highest BCUT2D eigenvalue weighted by atomic mass is 16.5. The van der Waals surface area contributed by atoms with Crippen molar-refractivity contribution in [2.24, 2.45) is 13.0 Å². The fourth-order valence-corrected chi connectivity index (χ4v) is 1.74. The highest BCUT2D eigenvalue weighted by Crippen LogP contribution is 2.28. The summed E-state index contributed by atoms with van der Waals surface area (Å²) in [6.45, 7) is 4.71. The first kappa shape index (κ1) is 14.0. The minimum Gasteiger partial charge on any atom is -0.493 e. The number of para-hydroxylation sites is 1. The SMILES string of the molecule is CC(C)COc1ccccc1-c1nc(C(=O)O)nn1C. The molecule has 0 aliphatic carbocycles. The molecule has 0 unspecified atom stereocenters. The third-order valence-electron chi connectivity index (χ3n) is 2.65. The number of hydrogen-bond acceptors (Lipinski definition) is 4. The first-order valence-electron chi connectivity index (χ1n) is 6.35. The summed E-state index contributed by atoms with van der Waals surface area (Å²) >= 11 is 0. The maximum atomic E-state index is 10.9. The topological polar surface area (TPSA) is 77.2 Å². The van der Waals surface area contributed by atoms with Gasteiger partial charge in [0.2, 0.25) is 0 Å². The van der Waals surface area contributed by atoms with E-state index in [-0.39, 0.29) is 5.82 Å². The monoisotopic (exact) mass is 275 g/mol. The van der Waals surface area contributed by atoms with Crippen LogP contribution in [0.25, 0.3) is 11.4 Å². The summed E-state index contributed by atoms with van der Waals surface area (Å²) in [7, 11) is 1.66. The number of carboxylic acids is 1. The Hall–Kier alpha value is -2.37. The smallest absolute Gasteiger partial charge is 0.375 e. The summed E-state index contributed by atoms with van der Waals surface area (Å²) in [6, 6.07) is 7.40. The Bertz CT molecular complexity index is 620. The van der Waals surface area contributed by atoms with E-state index >= 15 is 0 Å². The molecule has 0 saturated carbocycles. The summed E-state index contributed by atoms with van der Waals surface area (Å²) < 4.78 is 7.19. The second-order valence-corrected chi connectivity index (χ2v) is 4.89. The van der Waals surface area contributed by atoms with Gasteiger partial charge in [0, 0.05) is 7.05 Å². The van der Waals surface area contributed by atoms with Gasteiger partial charge in [-0.1, -0.05) is 26.0 Å². The van der Waals surface area contributed by atoms with E-state index in [0.29, 0.717) is 24.1 Å². The Morgan fingerprint density at radius 3 is 2.70 bits per heavy atom. The molecule has 1 heterocycles. The van der Waals surface area contributed by atoms with E-state index in [0.717, 1.165) is 5.56 Å². The molecule has 1 aromatic heterocycles. The number of ether oxygens (including phenoxy) is 1. The number of aryl methyl sites for hydroxylation is 1. The Kier molecular flexibility index (Phi) is 4.02. The predicted molar refractivity (Wildman–Crippen MR) is 73.7 cm³/mol. The van der Waals surface area contributed by atoms with Gasteiger partial charge in [-0.25, -0.2) is 14.5 Å². The minimum absolute atomic E-state index is 0.221. The molecule has 0 spiro atoms. The van der Waals surface area contributed by atoms with Crippen molar-refractivity contribution in [2.45, 2.75) is 13.8 Å². The van der Waals surface area contributed by atoms with Crippen LogP contribution in [0.15, 0.2) is 24.3 Å². The van der Waals surface area contributed by atoms with Crippen LogP contribution in [0, 0.1) is 5.92 Å². The highest BCUT2D eigenvalue weighted by Gasteiger charge is 2.17.